The van der Waals surface area contributed by atoms with E-state index in [9.17, 15) is 4.79 Å². The van der Waals surface area contributed by atoms with Gasteiger partial charge in [0.15, 0.2) is 0 Å². The highest BCUT2D eigenvalue weighted by molar-refractivity contribution is 5.90. The lowest BCUT2D eigenvalue weighted by molar-refractivity contribution is 0.0600. The summed E-state index contributed by atoms with van der Waals surface area (Å²) in [6.45, 7) is 3.98. The second-order valence-corrected chi connectivity index (χ2v) is 6.23. The number of benzene rings is 2. The van der Waals surface area contributed by atoms with E-state index >= 15 is 0 Å². The van der Waals surface area contributed by atoms with Crippen molar-refractivity contribution in [1.29, 1.82) is 0 Å². The zero-order valence-electron chi connectivity index (χ0n) is 15.9. The van der Waals surface area contributed by atoms with Crippen molar-refractivity contribution in [3.63, 3.8) is 0 Å². The molecule has 0 aliphatic carbocycles. The van der Waals surface area contributed by atoms with Crippen molar-refractivity contribution in [2.24, 2.45) is 4.99 Å². The van der Waals surface area contributed by atoms with E-state index in [4.69, 9.17) is 9.47 Å². The molecule has 0 saturated carbocycles. The Kier molecular flexibility index (Phi) is 5.41. The van der Waals surface area contributed by atoms with Gasteiger partial charge in [0.25, 0.3) is 0 Å². The molecule has 0 N–H and O–H groups in total. The lowest BCUT2D eigenvalue weighted by Gasteiger charge is -2.06. The molecule has 0 saturated heterocycles. The van der Waals surface area contributed by atoms with E-state index in [1.54, 1.807) is 19.2 Å². The average molecular weight is 362 g/mol. The van der Waals surface area contributed by atoms with Crippen LogP contribution in [0.1, 0.15) is 27.2 Å². The van der Waals surface area contributed by atoms with Gasteiger partial charge in [0, 0.05) is 29.4 Å². The molecule has 0 aliphatic rings. The highest BCUT2D eigenvalue weighted by Gasteiger charge is 2.07. The largest absolute Gasteiger partial charge is 0.497 e. The maximum Gasteiger partial charge on any atom is 0.337 e. The van der Waals surface area contributed by atoms with E-state index in [2.05, 4.69) is 22.5 Å². The molecule has 0 fully saturated rings. The third-order valence-corrected chi connectivity index (χ3v) is 4.35. The van der Waals surface area contributed by atoms with E-state index in [0.29, 0.717) is 5.56 Å². The molecule has 5 nitrogen and oxygen atoms in total. The predicted molar refractivity (Wildman–Crippen MR) is 107 cm³/mol. The Hall–Kier alpha value is -3.34. The molecule has 0 amide bonds. The summed E-state index contributed by atoms with van der Waals surface area (Å²) in [5.41, 5.74) is 5.43. The van der Waals surface area contributed by atoms with Gasteiger partial charge in [-0.2, -0.15) is 0 Å². The number of ether oxygens (including phenoxy) is 2. The average Bonchev–Trinajstić information content (AvgIpc) is 3.07. The lowest BCUT2D eigenvalue weighted by Crippen LogP contribution is -2.00. The van der Waals surface area contributed by atoms with Gasteiger partial charge in [0.05, 0.1) is 25.5 Å². The van der Waals surface area contributed by atoms with Crippen LogP contribution < -0.4 is 4.74 Å². The van der Waals surface area contributed by atoms with Gasteiger partial charge in [0.1, 0.15) is 5.75 Å². The van der Waals surface area contributed by atoms with Crippen molar-refractivity contribution >= 4 is 17.9 Å². The summed E-state index contributed by atoms with van der Waals surface area (Å²) >= 11 is 0. The first-order valence-corrected chi connectivity index (χ1v) is 8.58. The molecule has 5 heteroatoms. The number of carbonyl (C=O) groups excluding carboxylic acids is 1. The van der Waals surface area contributed by atoms with Crippen molar-refractivity contribution in [3.8, 4) is 11.4 Å². The standard InChI is InChI=1S/C22H22N2O3/c1-15-11-18(22(25)27-4)5-10-21(15)23-13-17-12-16(2)24(14-17)19-6-8-20(26-3)9-7-19/h5-14H,1-4H3. The third-order valence-electron chi connectivity index (χ3n) is 4.35. The molecule has 27 heavy (non-hydrogen) atoms. The SMILES string of the molecule is COC(=O)c1ccc(N=Cc2cc(C)n(-c3ccc(OC)cc3)c2)c(C)c1. The molecule has 0 unspecified atom stereocenters. The van der Waals surface area contributed by atoms with Gasteiger partial charge in [-0.1, -0.05) is 0 Å². The zero-order valence-corrected chi connectivity index (χ0v) is 15.9. The van der Waals surface area contributed by atoms with E-state index in [1.165, 1.54) is 7.11 Å². The van der Waals surface area contributed by atoms with Gasteiger partial charge >= 0.3 is 5.97 Å². The number of hydrogen-bond donors (Lipinski definition) is 0. The van der Waals surface area contributed by atoms with E-state index in [0.717, 1.165) is 33.9 Å². The Bertz CT molecular complexity index is 985. The fourth-order valence-electron chi connectivity index (χ4n) is 2.88. The van der Waals surface area contributed by atoms with Gasteiger partial charge in [-0.15, -0.1) is 0 Å². The number of methoxy groups -OCH3 is 2. The molecule has 2 aromatic carbocycles. The van der Waals surface area contributed by atoms with Gasteiger partial charge in [-0.25, -0.2) is 4.79 Å². The van der Waals surface area contributed by atoms with Crippen LogP contribution in [-0.4, -0.2) is 31.0 Å². The molecular weight excluding hydrogens is 340 g/mol. The summed E-state index contributed by atoms with van der Waals surface area (Å²) in [6.07, 6.45) is 3.87. The monoisotopic (exact) mass is 362 g/mol. The van der Waals surface area contributed by atoms with E-state index < -0.39 is 0 Å². The Morgan fingerprint density at radius 2 is 1.78 bits per heavy atom. The highest BCUT2D eigenvalue weighted by Crippen LogP contribution is 2.22. The predicted octanol–water partition coefficient (Wildman–Crippen LogP) is 4.64. The third kappa shape index (κ3) is 4.08. The number of hydrogen-bond acceptors (Lipinski definition) is 4. The molecule has 0 aliphatic heterocycles. The summed E-state index contributed by atoms with van der Waals surface area (Å²) in [7, 11) is 3.03. The second-order valence-electron chi connectivity index (χ2n) is 6.23. The van der Waals surface area contributed by atoms with Gasteiger partial charge < -0.3 is 14.0 Å². The van der Waals surface area contributed by atoms with Crippen LogP contribution in [0.25, 0.3) is 5.69 Å². The molecule has 0 bridgehead atoms. The van der Waals surface area contributed by atoms with Crippen LogP contribution in [0.4, 0.5) is 5.69 Å². The molecule has 138 valence electrons. The zero-order chi connectivity index (χ0) is 19.4. The van der Waals surface area contributed by atoms with Crippen molar-refractivity contribution < 1.29 is 14.3 Å². The molecular formula is C22H22N2O3. The molecule has 0 radical (unpaired) electrons. The van der Waals surface area contributed by atoms with Crippen molar-refractivity contribution in [2.75, 3.05) is 14.2 Å². The minimum Gasteiger partial charge on any atom is -0.497 e. The van der Waals surface area contributed by atoms with Gasteiger partial charge in [0.2, 0.25) is 0 Å². The topological polar surface area (TPSA) is 52.8 Å². The van der Waals surface area contributed by atoms with Crippen LogP contribution in [-0.2, 0) is 4.74 Å². The number of carbonyl (C=O) groups is 1. The first-order valence-electron chi connectivity index (χ1n) is 8.58. The summed E-state index contributed by atoms with van der Waals surface area (Å²) in [6, 6.07) is 15.3. The van der Waals surface area contributed by atoms with Crippen LogP contribution in [0, 0.1) is 13.8 Å². The molecule has 0 spiro atoms. The fourth-order valence-corrected chi connectivity index (χ4v) is 2.88. The minimum atomic E-state index is -0.346. The summed E-state index contributed by atoms with van der Waals surface area (Å²) in [5.74, 6) is 0.483. The molecule has 3 aromatic rings. The van der Waals surface area contributed by atoms with E-state index in [1.807, 2.05) is 49.7 Å². The smallest absolute Gasteiger partial charge is 0.337 e. The molecule has 1 heterocycles. The Balaban J connectivity index is 1.83. The number of aromatic nitrogens is 1. The van der Waals surface area contributed by atoms with Gasteiger partial charge in [-0.3, -0.25) is 4.99 Å². The second kappa shape index (κ2) is 7.91. The summed E-state index contributed by atoms with van der Waals surface area (Å²) in [4.78, 5) is 16.2. The number of aliphatic imine (C=N–C) groups is 1. The maximum atomic E-state index is 11.6. The van der Waals surface area contributed by atoms with Crippen molar-refractivity contribution in [2.45, 2.75) is 13.8 Å². The molecule has 0 atom stereocenters. The van der Waals surface area contributed by atoms with Crippen LogP contribution >= 0.6 is 0 Å². The number of esters is 1. The van der Waals surface area contributed by atoms with Gasteiger partial charge in [-0.05, 0) is 67.9 Å². The normalized spacial score (nSPS) is 11.0. The fraction of sp³-hybridized carbons (Fsp3) is 0.182. The first-order chi connectivity index (χ1) is 13.0. The quantitative estimate of drug-likeness (QED) is 0.491. The molecule has 3 rings (SSSR count). The lowest BCUT2D eigenvalue weighted by atomic mass is 10.1. The van der Waals surface area contributed by atoms with E-state index in [-0.39, 0.29) is 5.97 Å². The number of rotatable bonds is 5. The number of aryl methyl sites for hydroxylation is 2. The Morgan fingerprint density at radius 1 is 1.04 bits per heavy atom. The minimum absolute atomic E-state index is 0.346. The first kappa shape index (κ1) is 18.5. The summed E-state index contributed by atoms with van der Waals surface area (Å²) in [5, 5.41) is 0. The van der Waals surface area contributed by atoms with Crippen LogP contribution in [0.5, 0.6) is 5.75 Å². The Morgan fingerprint density at radius 3 is 2.41 bits per heavy atom. The van der Waals surface area contributed by atoms with Crippen LogP contribution in [0.3, 0.4) is 0 Å². The number of nitrogens with zero attached hydrogens (tertiary/aromatic N) is 2. The highest BCUT2D eigenvalue weighted by atomic mass is 16.5. The summed E-state index contributed by atoms with van der Waals surface area (Å²) < 4.78 is 12.1. The van der Waals surface area contributed by atoms with Crippen LogP contribution in [0.15, 0.2) is 59.7 Å². The Labute approximate surface area is 158 Å². The van der Waals surface area contributed by atoms with Crippen LogP contribution in [0.2, 0.25) is 0 Å². The molecule has 1 aromatic heterocycles. The maximum absolute atomic E-state index is 11.6. The van der Waals surface area contributed by atoms with Crippen molar-refractivity contribution in [1.82, 2.24) is 4.57 Å². The van der Waals surface area contributed by atoms with Crippen molar-refractivity contribution in [3.05, 3.63) is 77.1 Å².